The summed E-state index contributed by atoms with van der Waals surface area (Å²) in [7, 11) is 0. The molecule has 3 N–H and O–H groups in total. The first-order valence-electron chi connectivity index (χ1n) is 7.95. The molecule has 0 bridgehead atoms. The predicted molar refractivity (Wildman–Crippen MR) is 102 cm³/mol. The topological polar surface area (TPSA) is 83.4 Å². The van der Waals surface area contributed by atoms with E-state index in [0.29, 0.717) is 17.1 Å². The maximum Gasteiger partial charge on any atom is 0.291 e. The first-order valence-corrected chi connectivity index (χ1v) is 8.33. The lowest BCUT2D eigenvalue weighted by Gasteiger charge is -2.10. The summed E-state index contributed by atoms with van der Waals surface area (Å²) in [5.74, 6) is -1.06. The minimum Gasteiger partial charge on any atom is -0.459 e. The number of rotatable bonds is 6. The van der Waals surface area contributed by atoms with E-state index in [1.54, 1.807) is 36.4 Å². The molecule has 1 heterocycles. The van der Waals surface area contributed by atoms with Gasteiger partial charge in [-0.25, -0.2) is 4.39 Å². The average Bonchev–Trinajstić information content (AvgIpc) is 3.18. The van der Waals surface area contributed by atoms with Crippen LogP contribution in [0.5, 0.6) is 0 Å². The van der Waals surface area contributed by atoms with Crippen LogP contribution in [0, 0.1) is 5.82 Å². The van der Waals surface area contributed by atoms with E-state index in [1.807, 2.05) is 0 Å². The third kappa shape index (κ3) is 5.08. The molecule has 3 rings (SSSR count). The predicted octanol–water partition coefficient (Wildman–Crippen LogP) is 4.38. The zero-order valence-corrected chi connectivity index (χ0v) is 14.7. The fourth-order valence-corrected chi connectivity index (χ4v) is 2.45. The first-order chi connectivity index (χ1) is 13.0. The second-order valence-electron chi connectivity index (χ2n) is 5.54. The summed E-state index contributed by atoms with van der Waals surface area (Å²) in [6, 6.07) is 14.0. The highest BCUT2D eigenvalue weighted by molar-refractivity contribution is 6.31. The number of carbonyl (C=O) groups is 2. The molecule has 0 fully saturated rings. The van der Waals surface area contributed by atoms with E-state index in [2.05, 4.69) is 16.0 Å². The Morgan fingerprint density at radius 1 is 0.963 bits per heavy atom. The number of amides is 2. The van der Waals surface area contributed by atoms with Gasteiger partial charge in [0.2, 0.25) is 5.91 Å². The summed E-state index contributed by atoms with van der Waals surface area (Å²) in [5, 5.41) is 8.19. The summed E-state index contributed by atoms with van der Waals surface area (Å²) in [6.07, 6.45) is 1.42. The van der Waals surface area contributed by atoms with Gasteiger partial charge in [-0.3, -0.25) is 9.59 Å². The molecule has 8 heteroatoms. The Kier molecular flexibility index (Phi) is 5.73. The molecule has 0 atom stereocenters. The van der Waals surface area contributed by atoms with Gasteiger partial charge in [0.15, 0.2) is 5.76 Å². The van der Waals surface area contributed by atoms with Crippen molar-refractivity contribution in [3.05, 3.63) is 77.5 Å². The van der Waals surface area contributed by atoms with E-state index in [9.17, 15) is 14.0 Å². The standard InChI is InChI=1S/C19H15ClFN3O3/c20-15-10-14(6-7-16(15)21)23-18(25)11-22-12-3-1-4-13(9-12)24-19(26)17-5-2-8-27-17/h1-10,22H,11H2,(H,23,25)(H,24,26). The van der Waals surface area contributed by atoms with Gasteiger partial charge in [0, 0.05) is 17.1 Å². The fourth-order valence-electron chi connectivity index (χ4n) is 2.27. The lowest BCUT2D eigenvalue weighted by Crippen LogP contribution is -2.21. The van der Waals surface area contributed by atoms with Crippen LogP contribution < -0.4 is 16.0 Å². The molecule has 0 aliphatic rings. The summed E-state index contributed by atoms with van der Waals surface area (Å²) in [5.41, 5.74) is 1.58. The van der Waals surface area contributed by atoms with Crippen molar-refractivity contribution in [1.82, 2.24) is 0 Å². The lowest BCUT2D eigenvalue weighted by atomic mass is 10.2. The summed E-state index contributed by atoms with van der Waals surface area (Å²) in [6.45, 7) is -0.0232. The molecule has 0 saturated heterocycles. The van der Waals surface area contributed by atoms with Crippen molar-refractivity contribution in [2.24, 2.45) is 0 Å². The number of nitrogens with one attached hydrogen (secondary N) is 3. The number of anilines is 3. The minimum absolute atomic E-state index is 0.0232. The highest BCUT2D eigenvalue weighted by Gasteiger charge is 2.09. The zero-order chi connectivity index (χ0) is 19.2. The smallest absolute Gasteiger partial charge is 0.291 e. The molecule has 27 heavy (non-hydrogen) atoms. The Morgan fingerprint density at radius 3 is 2.48 bits per heavy atom. The van der Waals surface area contributed by atoms with E-state index in [1.165, 1.54) is 24.5 Å². The maximum atomic E-state index is 13.1. The number of benzene rings is 2. The average molecular weight is 388 g/mol. The molecule has 1 aromatic heterocycles. The van der Waals surface area contributed by atoms with Crippen LogP contribution in [0.15, 0.2) is 65.3 Å². The number of hydrogen-bond acceptors (Lipinski definition) is 4. The van der Waals surface area contributed by atoms with Gasteiger partial charge >= 0.3 is 0 Å². The van der Waals surface area contributed by atoms with Crippen molar-refractivity contribution in [2.75, 3.05) is 22.5 Å². The summed E-state index contributed by atoms with van der Waals surface area (Å²) >= 11 is 5.68. The van der Waals surface area contributed by atoms with Crippen molar-refractivity contribution in [3.8, 4) is 0 Å². The third-order valence-electron chi connectivity index (χ3n) is 3.52. The van der Waals surface area contributed by atoms with Gasteiger partial charge in [-0.1, -0.05) is 17.7 Å². The SMILES string of the molecule is O=C(CNc1cccc(NC(=O)c2ccco2)c1)Nc1ccc(F)c(Cl)c1. The molecule has 2 amide bonds. The molecule has 0 spiro atoms. The Balaban J connectivity index is 1.55. The van der Waals surface area contributed by atoms with Gasteiger partial charge in [-0.05, 0) is 48.5 Å². The molecule has 0 saturated carbocycles. The number of hydrogen-bond donors (Lipinski definition) is 3. The van der Waals surface area contributed by atoms with Gasteiger partial charge in [0.1, 0.15) is 5.82 Å². The maximum absolute atomic E-state index is 13.1. The quantitative estimate of drug-likeness (QED) is 0.586. The van der Waals surface area contributed by atoms with Crippen LogP contribution in [0.3, 0.4) is 0 Å². The van der Waals surface area contributed by atoms with Crippen LogP contribution in [0.25, 0.3) is 0 Å². The molecule has 0 aliphatic carbocycles. The van der Waals surface area contributed by atoms with E-state index in [0.717, 1.165) is 0 Å². The molecule has 0 aliphatic heterocycles. The van der Waals surface area contributed by atoms with Crippen molar-refractivity contribution >= 4 is 40.5 Å². The summed E-state index contributed by atoms with van der Waals surface area (Å²) < 4.78 is 18.2. The number of halogens is 2. The van der Waals surface area contributed by atoms with Crippen LogP contribution in [0.4, 0.5) is 21.5 Å². The van der Waals surface area contributed by atoms with Crippen LogP contribution in [0.2, 0.25) is 5.02 Å². The Hall–Kier alpha value is -3.32. The van der Waals surface area contributed by atoms with E-state index < -0.39 is 5.82 Å². The molecular formula is C19H15ClFN3O3. The molecule has 6 nitrogen and oxygen atoms in total. The second-order valence-corrected chi connectivity index (χ2v) is 5.95. The van der Waals surface area contributed by atoms with E-state index >= 15 is 0 Å². The van der Waals surface area contributed by atoms with Crippen LogP contribution in [-0.2, 0) is 4.79 Å². The molecule has 0 radical (unpaired) electrons. The number of carbonyl (C=O) groups excluding carboxylic acids is 2. The highest BCUT2D eigenvalue weighted by Crippen LogP contribution is 2.19. The van der Waals surface area contributed by atoms with Gasteiger partial charge in [0.25, 0.3) is 5.91 Å². The van der Waals surface area contributed by atoms with E-state index in [-0.39, 0.29) is 29.1 Å². The van der Waals surface area contributed by atoms with Crippen molar-refractivity contribution in [1.29, 1.82) is 0 Å². The lowest BCUT2D eigenvalue weighted by molar-refractivity contribution is -0.114. The van der Waals surface area contributed by atoms with E-state index in [4.69, 9.17) is 16.0 Å². The van der Waals surface area contributed by atoms with Crippen molar-refractivity contribution in [3.63, 3.8) is 0 Å². The Morgan fingerprint density at radius 2 is 1.74 bits per heavy atom. The summed E-state index contributed by atoms with van der Waals surface area (Å²) in [4.78, 5) is 24.0. The monoisotopic (exact) mass is 387 g/mol. The van der Waals surface area contributed by atoms with Crippen molar-refractivity contribution in [2.45, 2.75) is 0 Å². The zero-order valence-electron chi connectivity index (χ0n) is 14.0. The highest BCUT2D eigenvalue weighted by atomic mass is 35.5. The van der Waals surface area contributed by atoms with Gasteiger partial charge < -0.3 is 20.4 Å². The number of furan rings is 1. The molecule has 138 valence electrons. The Bertz CT molecular complexity index is 961. The normalized spacial score (nSPS) is 10.3. The molecular weight excluding hydrogens is 373 g/mol. The van der Waals surface area contributed by atoms with Crippen LogP contribution in [0.1, 0.15) is 10.6 Å². The fraction of sp³-hybridized carbons (Fsp3) is 0.0526. The van der Waals surface area contributed by atoms with Gasteiger partial charge in [0.05, 0.1) is 17.8 Å². The van der Waals surface area contributed by atoms with Gasteiger partial charge in [-0.2, -0.15) is 0 Å². The molecule has 2 aromatic carbocycles. The molecule has 3 aromatic rings. The van der Waals surface area contributed by atoms with Gasteiger partial charge in [-0.15, -0.1) is 0 Å². The first kappa shape index (κ1) is 18.5. The van der Waals surface area contributed by atoms with Crippen molar-refractivity contribution < 1.29 is 18.4 Å². The largest absolute Gasteiger partial charge is 0.459 e. The van der Waals surface area contributed by atoms with Crippen LogP contribution >= 0.6 is 11.6 Å². The van der Waals surface area contributed by atoms with Crippen LogP contribution in [-0.4, -0.2) is 18.4 Å². The third-order valence-corrected chi connectivity index (χ3v) is 3.81. The second kappa shape index (κ2) is 8.37. The molecule has 0 unspecified atom stereocenters. The minimum atomic E-state index is -0.554. The Labute approximate surface area is 159 Å².